The molecule has 0 bridgehead atoms. The van der Waals surface area contributed by atoms with Gasteiger partial charge in [-0.05, 0) is 13.8 Å². The van der Waals surface area contributed by atoms with Crippen molar-refractivity contribution >= 4 is 15.7 Å². The van der Waals surface area contributed by atoms with Crippen LogP contribution in [-0.2, 0) is 9.84 Å². The molecule has 0 atom stereocenters. The fourth-order valence-corrected chi connectivity index (χ4v) is 1.64. The fraction of sp³-hybridized carbons (Fsp3) is 0.556. The minimum Gasteiger partial charge on any atom is -0.369 e. The number of nitrogens with zero attached hydrogens (tertiary/aromatic N) is 2. The van der Waals surface area contributed by atoms with Crippen molar-refractivity contribution in [1.29, 1.82) is 0 Å². The maximum absolute atomic E-state index is 10.9. The van der Waals surface area contributed by atoms with Crippen LogP contribution in [0.3, 0.4) is 0 Å². The smallest absolute Gasteiger partial charge is 0.149 e. The van der Waals surface area contributed by atoms with E-state index in [1.54, 1.807) is 13.0 Å². The molecular weight excluding hydrogens is 214 g/mol. The van der Waals surface area contributed by atoms with Crippen LogP contribution in [0.4, 0.5) is 5.82 Å². The average Bonchev–Trinajstić information content (AvgIpc) is 1.99. The topological polar surface area (TPSA) is 72.0 Å². The number of aryl methyl sites for hydroxylation is 2. The van der Waals surface area contributed by atoms with Crippen LogP contribution in [0.25, 0.3) is 0 Å². The minimum atomic E-state index is -2.92. The Labute approximate surface area is 89.9 Å². The van der Waals surface area contributed by atoms with Crippen LogP contribution in [0.5, 0.6) is 0 Å². The Morgan fingerprint density at radius 2 is 2.00 bits per heavy atom. The molecule has 1 N–H and O–H groups in total. The molecule has 0 spiro atoms. The third-order valence-electron chi connectivity index (χ3n) is 1.74. The van der Waals surface area contributed by atoms with Gasteiger partial charge < -0.3 is 5.32 Å². The third-order valence-corrected chi connectivity index (χ3v) is 2.69. The van der Waals surface area contributed by atoms with Gasteiger partial charge >= 0.3 is 0 Å². The second-order valence-electron chi connectivity index (χ2n) is 3.50. The van der Waals surface area contributed by atoms with Gasteiger partial charge in [0.15, 0.2) is 0 Å². The van der Waals surface area contributed by atoms with E-state index in [0.29, 0.717) is 18.2 Å². The summed E-state index contributed by atoms with van der Waals surface area (Å²) >= 11 is 0. The molecule has 0 aliphatic carbocycles. The molecule has 0 radical (unpaired) electrons. The number of sulfone groups is 1. The summed E-state index contributed by atoms with van der Waals surface area (Å²) in [6.45, 7) is 4.04. The molecular formula is C9H15N3O2S. The molecule has 1 aromatic heterocycles. The molecule has 0 unspecified atom stereocenters. The van der Waals surface area contributed by atoms with E-state index in [4.69, 9.17) is 0 Å². The van der Waals surface area contributed by atoms with E-state index in [0.717, 1.165) is 5.69 Å². The predicted octanol–water partition coefficient (Wildman–Crippen LogP) is 0.550. The van der Waals surface area contributed by atoms with Gasteiger partial charge in [-0.1, -0.05) is 0 Å². The van der Waals surface area contributed by atoms with Crippen molar-refractivity contribution < 1.29 is 8.42 Å². The summed E-state index contributed by atoms with van der Waals surface area (Å²) in [6.07, 6.45) is 1.21. The molecule has 0 aliphatic heterocycles. The Kier molecular flexibility index (Phi) is 3.62. The second kappa shape index (κ2) is 4.57. The SMILES string of the molecule is Cc1cc(NCCS(C)(=O)=O)nc(C)n1. The summed E-state index contributed by atoms with van der Waals surface area (Å²) < 4.78 is 21.8. The maximum atomic E-state index is 10.9. The molecule has 0 saturated carbocycles. The molecule has 15 heavy (non-hydrogen) atoms. The van der Waals surface area contributed by atoms with Crippen molar-refractivity contribution in [2.45, 2.75) is 13.8 Å². The summed E-state index contributed by atoms with van der Waals surface area (Å²) in [7, 11) is -2.92. The number of rotatable bonds is 4. The first-order valence-corrected chi connectivity index (χ1v) is 6.67. The molecule has 1 aromatic rings. The van der Waals surface area contributed by atoms with Gasteiger partial charge in [0.2, 0.25) is 0 Å². The van der Waals surface area contributed by atoms with E-state index in [1.807, 2.05) is 6.92 Å². The Morgan fingerprint density at radius 3 is 2.53 bits per heavy atom. The molecule has 0 saturated heterocycles. The number of hydrogen-bond acceptors (Lipinski definition) is 5. The predicted molar refractivity (Wildman–Crippen MR) is 59.7 cm³/mol. The van der Waals surface area contributed by atoms with Gasteiger partial charge in [-0.25, -0.2) is 18.4 Å². The van der Waals surface area contributed by atoms with E-state index in [9.17, 15) is 8.42 Å². The summed E-state index contributed by atoms with van der Waals surface area (Å²) in [6, 6.07) is 1.79. The molecule has 84 valence electrons. The van der Waals surface area contributed by atoms with Crippen LogP contribution in [0.2, 0.25) is 0 Å². The Bertz CT molecular complexity index is 422. The number of nitrogens with one attached hydrogen (secondary N) is 1. The molecule has 0 amide bonds. The van der Waals surface area contributed by atoms with Gasteiger partial charge in [-0.3, -0.25) is 0 Å². The molecule has 0 fully saturated rings. The first kappa shape index (κ1) is 11.9. The summed E-state index contributed by atoms with van der Waals surface area (Å²) in [5.74, 6) is 1.45. The third kappa shape index (κ3) is 4.73. The average molecular weight is 229 g/mol. The first-order chi connectivity index (χ1) is 6.87. The lowest BCUT2D eigenvalue weighted by Crippen LogP contribution is -2.15. The standard InChI is InChI=1S/C9H15N3O2S/c1-7-6-9(12-8(2)11-7)10-4-5-15(3,13)14/h6H,4-5H2,1-3H3,(H,10,11,12). The van der Waals surface area contributed by atoms with E-state index in [2.05, 4.69) is 15.3 Å². The summed E-state index contributed by atoms with van der Waals surface area (Å²) in [4.78, 5) is 8.26. The Hall–Kier alpha value is -1.17. The van der Waals surface area contributed by atoms with Crippen LogP contribution >= 0.6 is 0 Å². The van der Waals surface area contributed by atoms with Crippen LogP contribution in [0.1, 0.15) is 11.5 Å². The van der Waals surface area contributed by atoms with Crippen LogP contribution in [0.15, 0.2) is 6.07 Å². The minimum absolute atomic E-state index is 0.106. The highest BCUT2D eigenvalue weighted by Crippen LogP contribution is 2.04. The molecule has 5 nitrogen and oxygen atoms in total. The molecule has 6 heteroatoms. The molecule has 1 rings (SSSR count). The summed E-state index contributed by atoms with van der Waals surface area (Å²) in [5, 5.41) is 2.95. The van der Waals surface area contributed by atoms with Crippen LogP contribution in [-0.4, -0.2) is 36.9 Å². The van der Waals surface area contributed by atoms with Crippen molar-refractivity contribution in [1.82, 2.24) is 9.97 Å². The fourth-order valence-electron chi connectivity index (χ4n) is 1.17. The molecule has 0 aliphatic rings. The lowest BCUT2D eigenvalue weighted by Gasteiger charge is -2.05. The Balaban J connectivity index is 2.58. The van der Waals surface area contributed by atoms with Crippen molar-refractivity contribution in [3.05, 3.63) is 17.6 Å². The van der Waals surface area contributed by atoms with Gasteiger partial charge in [0.25, 0.3) is 0 Å². The van der Waals surface area contributed by atoms with Crippen molar-refractivity contribution in [3.8, 4) is 0 Å². The second-order valence-corrected chi connectivity index (χ2v) is 5.76. The largest absolute Gasteiger partial charge is 0.369 e. The van der Waals surface area contributed by atoms with Gasteiger partial charge in [0.1, 0.15) is 21.5 Å². The first-order valence-electron chi connectivity index (χ1n) is 4.61. The molecule has 0 aromatic carbocycles. The normalized spacial score (nSPS) is 11.4. The van der Waals surface area contributed by atoms with Gasteiger partial charge in [-0.2, -0.15) is 0 Å². The zero-order valence-corrected chi connectivity index (χ0v) is 9.93. The zero-order valence-electron chi connectivity index (χ0n) is 9.11. The monoisotopic (exact) mass is 229 g/mol. The van der Waals surface area contributed by atoms with E-state index < -0.39 is 9.84 Å². The number of anilines is 1. The quantitative estimate of drug-likeness (QED) is 0.816. The molecule has 1 heterocycles. The van der Waals surface area contributed by atoms with E-state index in [-0.39, 0.29) is 5.75 Å². The lowest BCUT2D eigenvalue weighted by atomic mass is 10.4. The van der Waals surface area contributed by atoms with Crippen LogP contribution in [0, 0.1) is 13.8 Å². The van der Waals surface area contributed by atoms with Gasteiger partial charge in [0, 0.05) is 24.6 Å². The number of aromatic nitrogens is 2. The van der Waals surface area contributed by atoms with Gasteiger partial charge in [0.05, 0.1) is 5.75 Å². The van der Waals surface area contributed by atoms with Crippen molar-refractivity contribution in [2.75, 3.05) is 23.9 Å². The highest BCUT2D eigenvalue weighted by atomic mass is 32.2. The number of hydrogen-bond donors (Lipinski definition) is 1. The van der Waals surface area contributed by atoms with Crippen molar-refractivity contribution in [3.63, 3.8) is 0 Å². The zero-order chi connectivity index (χ0) is 11.5. The Morgan fingerprint density at radius 1 is 1.33 bits per heavy atom. The maximum Gasteiger partial charge on any atom is 0.149 e. The summed E-state index contributed by atoms with van der Waals surface area (Å²) in [5.41, 5.74) is 0.865. The highest BCUT2D eigenvalue weighted by molar-refractivity contribution is 7.90. The lowest BCUT2D eigenvalue weighted by molar-refractivity contribution is 0.602. The van der Waals surface area contributed by atoms with Crippen LogP contribution < -0.4 is 5.32 Å². The highest BCUT2D eigenvalue weighted by Gasteiger charge is 2.02. The van der Waals surface area contributed by atoms with Gasteiger partial charge in [-0.15, -0.1) is 0 Å². The van der Waals surface area contributed by atoms with E-state index >= 15 is 0 Å². The van der Waals surface area contributed by atoms with E-state index in [1.165, 1.54) is 6.26 Å². The van der Waals surface area contributed by atoms with Crippen molar-refractivity contribution in [2.24, 2.45) is 0 Å².